The van der Waals surface area contributed by atoms with Crippen molar-refractivity contribution in [3.63, 3.8) is 0 Å². The van der Waals surface area contributed by atoms with Gasteiger partial charge in [0.25, 0.3) is 5.82 Å². The van der Waals surface area contributed by atoms with Crippen molar-refractivity contribution in [2.75, 3.05) is 32.9 Å². The normalized spacial score (nSPS) is 22.5. The largest absolute Gasteiger partial charge is 0.492 e. The van der Waals surface area contributed by atoms with Gasteiger partial charge in [0.2, 0.25) is 12.0 Å². The molecule has 10 heteroatoms. The topological polar surface area (TPSA) is 76.9 Å². The van der Waals surface area contributed by atoms with Crippen LogP contribution in [-0.2, 0) is 10.9 Å². The number of aliphatic imine (C=N–C) groups is 1. The third kappa shape index (κ3) is 3.88. The van der Waals surface area contributed by atoms with Gasteiger partial charge in [-0.1, -0.05) is 23.2 Å². The van der Waals surface area contributed by atoms with Crippen molar-refractivity contribution in [3.8, 4) is 5.75 Å². The van der Waals surface area contributed by atoms with Crippen molar-refractivity contribution in [2.24, 2.45) is 4.99 Å². The van der Waals surface area contributed by atoms with Crippen molar-refractivity contribution in [1.29, 1.82) is 0 Å². The highest BCUT2D eigenvalue weighted by Crippen LogP contribution is 2.36. The van der Waals surface area contributed by atoms with Crippen LogP contribution < -0.4 is 9.72 Å². The van der Waals surface area contributed by atoms with Crippen LogP contribution in [0, 0.1) is 0 Å². The number of ether oxygens (including phenoxy) is 2. The molecule has 5 rings (SSSR count). The molecule has 2 N–H and O–H groups in total. The summed E-state index contributed by atoms with van der Waals surface area (Å²) < 4.78 is 50.8. The Balaban J connectivity index is 1.52. The van der Waals surface area contributed by atoms with Gasteiger partial charge in [0.1, 0.15) is 23.4 Å². The van der Waals surface area contributed by atoms with Gasteiger partial charge >= 0.3 is 6.18 Å². The van der Waals surface area contributed by atoms with Crippen LogP contribution in [0.5, 0.6) is 5.75 Å². The molecule has 0 bridgehead atoms. The average Bonchev–Trinajstić information content (AvgIpc) is 3.24. The van der Waals surface area contributed by atoms with Gasteiger partial charge in [-0.3, -0.25) is 4.90 Å². The van der Waals surface area contributed by atoms with Crippen molar-refractivity contribution in [2.45, 2.75) is 18.1 Å². The summed E-state index contributed by atoms with van der Waals surface area (Å²) in [4.78, 5) is 16.1. The Labute approximate surface area is 175 Å². The number of H-pyrrole nitrogens is 2. The predicted molar refractivity (Wildman–Crippen MR) is 107 cm³/mol. The summed E-state index contributed by atoms with van der Waals surface area (Å²) in [5, 5.41) is 0.286. The van der Waals surface area contributed by atoms with E-state index >= 15 is 0 Å². The van der Waals surface area contributed by atoms with E-state index in [9.17, 15) is 13.2 Å². The lowest BCUT2D eigenvalue weighted by atomic mass is 9.88. The number of alkyl halides is 3. The van der Waals surface area contributed by atoms with Crippen LogP contribution in [0.15, 0.2) is 41.7 Å². The third-order valence-corrected chi connectivity index (χ3v) is 5.73. The zero-order valence-electron chi connectivity index (χ0n) is 16.5. The zero-order chi connectivity index (χ0) is 21.4. The Morgan fingerprint density at radius 2 is 2.03 bits per heavy atom. The van der Waals surface area contributed by atoms with E-state index in [2.05, 4.69) is 24.8 Å². The van der Waals surface area contributed by atoms with Gasteiger partial charge in [-0.05, 0) is 12.1 Å². The molecule has 2 aliphatic heterocycles. The second-order valence-electron chi connectivity index (χ2n) is 7.56. The minimum absolute atomic E-state index is 0.0526. The van der Waals surface area contributed by atoms with Crippen LogP contribution in [0.3, 0.4) is 0 Å². The molecule has 0 amide bonds. The average molecular weight is 432 g/mol. The fourth-order valence-corrected chi connectivity index (χ4v) is 4.17. The van der Waals surface area contributed by atoms with E-state index in [0.29, 0.717) is 25.6 Å². The van der Waals surface area contributed by atoms with Gasteiger partial charge in [0.05, 0.1) is 31.4 Å². The molecule has 0 saturated carbocycles. The van der Waals surface area contributed by atoms with Gasteiger partial charge in [0, 0.05) is 18.7 Å². The molecule has 2 aromatic heterocycles. The smallest absolute Gasteiger partial charge is 0.431 e. The number of halogens is 3. The molecule has 31 heavy (non-hydrogen) atoms. The maximum Gasteiger partial charge on any atom is 0.431 e. The lowest BCUT2D eigenvalue weighted by molar-refractivity contribution is -0.365. The highest BCUT2D eigenvalue weighted by atomic mass is 19.4. The predicted octanol–water partition coefficient (Wildman–Crippen LogP) is 2.98. The molecule has 0 radical (unpaired) electrons. The van der Waals surface area contributed by atoms with E-state index < -0.39 is 11.9 Å². The summed E-state index contributed by atoms with van der Waals surface area (Å²) in [6, 6.07) is 8.87. The van der Waals surface area contributed by atoms with E-state index in [1.807, 2.05) is 24.3 Å². The first-order chi connectivity index (χ1) is 15.0. The molecule has 4 heterocycles. The van der Waals surface area contributed by atoms with Gasteiger partial charge < -0.3 is 14.5 Å². The number of para-hydroxylation sites is 1. The van der Waals surface area contributed by atoms with Gasteiger partial charge in [-0.25, -0.2) is 4.98 Å². The summed E-state index contributed by atoms with van der Waals surface area (Å²) in [7, 11) is 0. The summed E-state index contributed by atoms with van der Waals surface area (Å²) >= 11 is 0. The van der Waals surface area contributed by atoms with E-state index in [1.165, 1.54) is 6.33 Å². The third-order valence-electron chi connectivity index (χ3n) is 5.73. The molecule has 0 spiro atoms. The highest BCUT2D eigenvalue weighted by molar-refractivity contribution is 5.87. The number of hydrogen-bond acceptors (Lipinski definition) is 5. The van der Waals surface area contributed by atoms with Crippen molar-refractivity contribution in [3.05, 3.63) is 47.9 Å². The van der Waals surface area contributed by atoms with Crippen LogP contribution in [0.4, 0.5) is 19.0 Å². The second kappa shape index (κ2) is 7.93. The number of rotatable bonds is 3. The number of nitrogens with zero attached hydrogens (tertiary/aromatic N) is 3. The fraction of sp³-hybridized carbons (Fsp3) is 0.381. The summed E-state index contributed by atoms with van der Waals surface area (Å²) in [6.07, 6.45) is -1.35. The molecule has 3 aromatic rings. The molecular formula is C21H21F3N5O2+. The number of fused-ring (bicyclic) bond motifs is 2. The molecule has 7 nitrogen and oxygen atoms in total. The Kier molecular flexibility index (Phi) is 5.11. The van der Waals surface area contributed by atoms with Crippen LogP contribution in [0.1, 0.15) is 17.2 Å². The zero-order valence-corrected chi connectivity index (χ0v) is 16.5. The maximum atomic E-state index is 13.1. The number of aromatic nitrogens is 3. The first-order valence-corrected chi connectivity index (χ1v) is 10.0. The number of benzene rings is 1. The van der Waals surface area contributed by atoms with Crippen molar-refractivity contribution < 1.29 is 27.6 Å². The molecule has 1 fully saturated rings. The van der Waals surface area contributed by atoms with Crippen LogP contribution in [0.25, 0.3) is 11.0 Å². The second-order valence-corrected chi connectivity index (χ2v) is 7.56. The first kappa shape index (κ1) is 20.0. The monoisotopic (exact) mass is 432 g/mol. The Morgan fingerprint density at radius 1 is 1.23 bits per heavy atom. The van der Waals surface area contributed by atoms with Crippen LogP contribution >= 0.6 is 0 Å². The number of hydrogen-bond donors (Lipinski definition) is 1. The highest BCUT2D eigenvalue weighted by Gasteiger charge is 2.36. The van der Waals surface area contributed by atoms with Gasteiger partial charge in [-0.2, -0.15) is 13.2 Å². The molecule has 1 unspecified atom stereocenters. The first-order valence-electron chi connectivity index (χ1n) is 10.0. The van der Waals surface area contributed by atoms with Crippen LogP contribution in [0.2, 0.25) is 0 Å². The molecule has 2 atom stereocenters. The number of aromatic amines is 2. The molecule has 0 aliphatic carbocycles. The SMILES string of the molecule is FC(F)(F)c1cc2c(/N=C/C3c4ccccc4OC[C@H]3N3CCOCC3)[nH+]cnc2[nH]1. The summed E-state index contributed by atoms with van der Waals surface area (Å²) in [5.41, 5.74) is 0.285. The molecule has 2 aliphatic rings. The summed E-state index contributed by atoms with van der Waals surface area (Å²) in [6.45, 7) is 3.40. The standard InChI is InChI=1S/C21H20F3N5O2/c22-21(23,24)18-9-14-19(26-12-27-20(14)28-18)25-10-15-13-3-1-2-4-17(13)31-11-16(15)29-5-7-30-8-6-29/h1-4,9-10,12,15-16H,5-8,11H2,(H,26,27,28)/p+1/b25-10+/t15?,16-/m1/s1. The van der Waals surface area contributed by atoms with Crippen LogP contribution in [-0.4, -0.2) is 60.0 Å². The molecular weight excluding hydrogens is 411 g/mol. The number of nitrogens with one attached hydrogen (secondary N) is 2. The fourth-order valence-electron chi connectivity index (χ4n) is 4.17. The van der Waals surface area contributed by atoms with E-state index in [1.54, 1.807) is 6.21 Å². The lowest BCUT2D eigenvalue weighted by Crippen LogP contribution is -2.50. The lowest BCUT2D eigenvalue weighted by Gasteiger charge is -2.40. The summed E-state index contributed by atoms with van der Waals surface area (Å²) in [5.74, 6) is 1.04. The van der Waals surface area contributed by atoms with Gasteiger partial charge in [-0.15, -0.1) is 4.99 Å². The van der Waals surface area contributed by atoms with E-state index in [-0.39, 0.29) is 23.0 Å². The minimum Gasteiger partial charge on any atom is -0.492 e. The molecule has 162 valence electrons. The Bertz CT molecular complexity index is 1110. The Morgan fingerprint density at radius 3 is 2.84 bits per heavy atom. The van der Waals surface area contributed by atoms with E-state index in [0.717, 1.165) is 30.5 Å². The molecule has 1 saturated heterocycles. The van der Waals surface area contributed by atoms with E-state index in [4.69, 9.17) is 9.47 Å². The maximum absolute atomic E-state index is 13.1. The van der Waals surface area contributed by atoms with Gasteiger partial charge in [0.15, 0.2) is 0 Å². The molecule has 1 aromatic carbocycles. The van der Waals surface area contributed by atoms with Crippen molar-refractivity contribution >= 4 is 23.1 Å². The Hall–Kier alpha value is -2.98. The van der Waals surface area contributed by atoms with Crippen molar-refractivity contribution in [1.82, 2.24) is 14.9 Å². The number of morpholine rings is 1. The quantitative estimate of drug-likeness (QED) is 0.646. The minimum atomic E-state index is -4.48.